The van der Waals surface area contributed by atoms with Gasteiger partial charge in [-0.15, -0.1) is 0 Å². The van der Waals surface area contributed by atoms with Crippen molar-refractivity contribution >= 4 is 0 Å². The van der Waals surface area contributed by atoms with E-state index in [0.717, 1.165) is 52.4 Å². The molecule has 0 aromatic carbocycles. The second kappa shape index (κ2) is 9.06. The first kappa shape index (κ1) is 12.9. The molecule has 2 aliphatic heterocycles. The van der Waals surface area contributed by atoms with Gasteiger partial charge in [0, 0.05) is 52.4 Å². The van der Waals surface area contributed by atoms with Crippen LogP contribution < -0.4 is 21.3 Å². The summed E-state index contributed by atoms with van der Waals surface area (Å²) < 4.78 is 5.31. The highest BCUT2D eigenvalue weighted by molar-refractivity contribution is 4.66. The van der Waals surface area contributed by atoms with Gasteiger partial charge in [-0.1, -0.05) is 0 Å². The van der Waals surface area contributed by atoms with Crippen molar-refractivity contribution in [2.75, 3.05) is 52.4 Å². The summed E-state index contributed by atoms with van der Waals surface area (Å²) in [5.41, 5.74) is 0. The summed E-state index contributed by atoms with van der Waals surface area (Å²) >= 11 is 0. The van der Waals surface area contributed by atoms with Gasteiger partial charge >= 0.3 is 0 Å². The van der Waals surface area contributed by atoms with E-state index in [0.29, 0.717) is 0 Å². The maximum absolute atomic E-state index is 5.31. The number of piperazine rings is 2. The summed E-state index contributed by atoms with van der Waals surface area (Å²) in [6.07, 6.45) is 0.240. The maximum Gasteiger partial charge on any atom is 0.120 e. The van der Waals surface area contributed by atoms with E-state index in [-0.39, 0.29) is 6.23 Å². The molecule has 2 aliphatic rings. The van der Waals surface area contributed by atoms with E-state index < -0.39 is 0 Å². The van der Waals surface area contributed by atoms with Crippen LogP contribution in [0, 0.1) is 0 Å². The number of hydrogen-bond donors (Lipinski definition) is 4. The molecule has 2 fully saturated rings. The number of nitrogens with one attached hydrogen (secondary N) is 4. The monoisotopic (exact) mass is 216 g/mol. The molecule has 0 amide bonds. The van der Waals surface area contributed by atoms with Gasteiger partial charge in [0.1, 0.15) is 6.23 Å². The molecule has 1 unspecified atom stereocenters. The van der Waals surface area contributed by atoms with Crippen molar-refractivity contribution < 1.29 is 4.74 Å². The topological polar surface area (TPSA) is 57.4 Å². The number of hydrogen-bond acceptors (Lipinski definition) is 5. The minimum Gasteiger partial charge on any atom is -0.362 e. The molecule has 0 spiro atoms. The third kappa shape index (κ3) is 6.81. The Morgan fingerprint density at radius 3 is 1.93 bits per heavy atom. The van der Waals surface area contributed by atoms with E-state index in [1.165, 1.54) is 0 Å². The van der Waals surface area contributed by atoms with Gasteiger partial charge in [-0.05, 0) is 6.92 Å². The SMILES string of the molecule is C1CNCCN1.CCOC1CNCCN1. The fourth-order valence-electron chi connectivity index (χ4n) is 1.55. The van der Waals surface area contributed by atoms with Crippen LogP contribution in [-0.2, 0) is 4.74 Å². The van der Waals surface area contributed by atoms with Crippen LogP contribution in [0.25, 0.3) is 0 Å². The summed E-state index contributed by atoms with van der Waals surface area (Å²) in [5.74, 6) is 0. The summed E-state index contributed by atoms with van der Waals surface area (Å²) in [6.45, 7) is 10.4. The van der Waals surface area contributed by atoms with Crippen molar-refractivity contribution in [2.24, 2.45) is 0 Å². The Balaban J connectivity index is 0.000000162. The van der Waals surface area contributed by atoms with Gasteiger partial charge in [0.05, 0.1) is 0 Å². The standard InChI is InChI=1S/C6H14N2O.C4H10N2/c1-2-9-6-5-7-3-4-8-6;1-2-6-4-3-5-1/h6-8H,2-5H2,1H3;5-6H,1-4H2. The summed E-state index contributed by atoms with van der Waals surface area (Å²) in [6, 6.07) is 0. The molecule has 15 heavy (non-hydrogen) atoms. The molecule has 2 heterocycles. The zero-order chi connectivity index (χ0) is 10.8. The zero-order valence-corrected chi connectivity index (χ0v) is 9.64. The second-order valence-corrected chi connectivity index (χ2v) is 3.60. The molecule has 0 bridgehead atoms. The van der Waals surface area contributed by atoms with Crippen LogP contribution in [0.5, 0.6) is 0 Å². The molecule has 0 aliphatic carbocycles. The lowest BCUT2D eigenvalue weighted by Gasteiger charge is -2.23. The Morgan fingerprint density at radius 2 is 1.53 bits per heavy atom. The first-order valence-corrected chi connectivity index (χ1v) is 5.90. The highest BCUT2D eigenvalue weighted by Gasteiger charge is 2.09. The molecule has 0 radical (unpaired) electrons. The summed E-state index contributed by atoms with van der Waals surface area (Å²) in [7, 11) is 0. The van der Waals surface area contributed by atoms with E-state index >= 15 is 0 Å². The Kier molecular flexibility index (Phi) is 7.77. The maximum atomic E-state index is 5.31. The average molecular weight is 216 g/mol. The molecule has 90 valence electrons. The van der Waals surface area contributed by atoms with Crippen molar-refractivity contribution in [2.45, 2.75) is 13.2 Å². The average Bonchev–Trinajstić information content (AvgIpc) is 2.34. The number of rotatable bonds is 2. The van der Waals surface area contributed by atoms with Crippen LogP contribution in [0.15, 0.2) is 0 Å². The predicted molar refractivity (Wildman–Crippen MR) is 62.0 cm³/mol. The first-order valence-electron chi connectivity index (χ1n) is 5.90. The Bertz CT molecular complexity index is 121. The lowest BCUT2D eigenvalue weighted by Crippen LogP contribution is -2.49. The minimum atomic E-state index is 0.240. The van der Waals surface area contributed by atoms with Crippen LogP contribution in [-0.4, -0.2) is 58.6 Å². The Morgan fingerprint density at radius 1 is 0.933 bits per heavy atom. The Hall–Kier alpha value is -0.200. The van der Waals surface area contributed by atoms with Crippen molar-refractivity contribution in [3.05, 3.63) is 0 Å². The molecule has 5 heteroatoms. The van der Waals surface area contributed by atoms with E-state index in [9.17, 15) is 0 Å². The van der Waals surface area contributed by atoms with Crippen LogP contribution in [0.3, 0.4) is 0 Å². The Labute approximate surface area is 92.3 Å². The molecule has 2 rings (SSSR count). The fourth-order valence-corrected chi connectivity index (χ4v) is 1.55. The molecule has 4 N–H and O–H groups in total. The van der Waals surface area contributed by atoms with E-state index in [4.69, 9.17) is 4.74 Å². The van der Waals surface area contributed by atoms with Crippen molar-refractivity contribution in [1.29, 1.82) is 0 Å². The first-order chi connectivity index (χ1) is 7.43. The zero-order valence-electron chi connectivity index (χ0n) is 9.64. The fraction of sp³-hybridized carbons (Fsp3) is 1.00. The van der Waals surface area contributed by atoms with Crippen LogP contribution in [0.2, 0.25) is 0 Å². The van der Waals surface area contributed by atoms with E-state index in [1.54, 1.807) is 0 Å². The molecular weight excluding hydrogens is 192 g/mol. The van der Waals surface area contributed by atoms with Crippen LogP contribution >= 0.6 is 0 Å². The van der Waals surface area contributed by atoms with Gasteiger partial charge < -0.3 is 20.7 Å². The largest absolute Gasteiger partial charge is 0.362 e. The molecule has 5 nitrogen and oxygen atoms in total. The summed E-state index contributed by atoms with van der Waals surface area (Å²) in [5, 5.41) is 12.9. The third-order valence-electron chi connectivity index (χ3n) is 2.33. The molecule has 0 saturated carbocycles. The highest BCUT2D eigenvalue weighted by atomic mass is 16.5. The summed E-state index contributed by atoms with van der Waals surface area (Å²) in [4.78, 5) is 0. The molecular formula is C10H24N4O. The van der Waals surface area contributed by atoms with Gasteiger partial charge in [0.15, 0.2) is 0 Å². The van der Waals surface area contributed by atoms with Gasteiger partial charge in [-0.3, -0.25) is 5.32 Å². The third-order valence-corrected chi connectivity index (χ3v) is 2.33. The lowest BCUT2D eigenvalue weighted by atomic mass is 10.4. The van der Waals surface area contributed by atoms with Crippen LogP contribution in [0.1, 0.15) is 6.92 Å². The van der Waals surface area contributed by atoms with Crippen molar-refractivity contribution in [1.82, 2.24) is 21.3 Å². The highest BCUT2D eigenvalue weighted by Crippen LogP contribution is 1.87. The van der Waals surface area contributed by atoms with Crippen molar-refractivity contribution in [3.8, 4) is 0 Å². The molecule has 1 atom stereocenters. The minimum absolute atomic E-state index is 0.240. The second-order valence-electron chi connectivity index (χ2n) is 3.60. The normalized spacial score (nSPS) is 26.6. The van der Waals surface area contributed by atoms with Gasteiger partial charge in [-0.2, -0.15) is 0 Å². The predicted octanol–water partition coefficient (Wildman–Crippen LogP) is -1.28. The van der Waals surface area contributed by atoms with Crippen molar-refractivity contribution in [3.63, 3.8) is 0 Å². The molecule has 0 aromatic heterocycles. The quantitative estimate of drug-likeness (QED) is 0.463. The van der Waals surface area contributed by atoms with Gasteiger partial charge in [-0.25, -0.2) is 0 Å². The van der Waals surface area contributed by atoms with Gasteiger partial charge in [0.2, 0.25) is 0 Å². The molecule has 0 aromatic rings. The van der Waals surface area contributed by atoms with Crippen LogP contribution in [0.4, 0.5) is 0 Å². The molecule has 2 saturated heterocycles. The van der Waals surface area contributed by atoms with Gasteiger partial charge in [0.25, 0.3) is 0 Å². The van der Waals surface area contributed by atoms with E-state index in [1.807, 2.05) is 6.92 Å². The number of ether oxygens (including phenoxy) is 1. The lowest BCUT2D eigenvalue weighted by molar-refractivity contribution is 0.0293. The smallest absolute Gasteiger partial charge is 0.120 e. The van der Waals surface area contributed by atoms with E-state index in [2.05, 4.69) is 21.3 Å².